The first-order chi connectivity index (χ1) is 12.2. The maximum Gasteiger partial charge on any atom is 0.340 e. The second kappa shape index (κ2) is 7.38. The Morgan fingerprint density at radius 2 is 1.81 bits per heavy atom. The van der Waals surface area contributed by atoms with Crippen LogP contribution >= 0.6 is 0 Å². The fourth-order valence-electron chi connectivity index (χ4n) is 3.91. The van der Waals surface area contributed by atoms with Crippen LogP contribution in [0.3, 0.4) is 0 Å². The normalized spacial score (nSPS) is 25.6. The lowest BCUT2D eigenvalue weighted by Crippen LogP contribution is -2.43. The molecule has 26 heavy (non-hydrogen) atoms. The highest BCUT2D eigenvalue weighted by Crippen LogP contribution is 2.35. The smallest absolute Gasteiger partial charge is 0.340 e. The maximum absolute atomic E-state index is 12.4. The number of benzene rings is 1. The lowest BCUT2D eigenvalue weighted by Gasteiger charge is -2.35. The number of para-hydroxylation sites is 1. The number of carbonyl (C=O) groups is 1. The van der Waals surface area contributed by atoms with Gasteiger partial charge >= 0.3 is 5.97 Å². The predicted octanol–water partition coefficient (Wildman–Crippen LogP) is 2.45. The van der Waals surface area contributed by atoms with Crippen molar-refractivity contribution in [2.75, 3.05) is 13.3 Å². The van der Waals surface area contributed by atoms with Crippen LogP contribution in [-0.4, -0.2) is 60.3 Å². The SMILES string of the molecule is CN1C2CCC1CC(OC(=O)c1c[nH]c3ccccc13)C2.CS(=O)(=O)O. The minimum atomic E-state index is -3.67. The fourth-order valence-corrected chi connectivity index (χ4v) is 3.91. The number of aromatic nitrogens is 1. The molecule has 2 fully saturated rings. The first-order valence-corrected chi connectivity index (χ1v) is 10.5. The van der Waals surface area contributed by atoms with Crippen LogP contribution in [0.1, 0.15) is 36.0 Å². The molecule has 0 saturated carbocycles. The Kier molecular flexibility index (Phi) is 5.36. The van der Waals surface area contributed by atoms with Gasteiger partial charge in [-0.25, -0.2) is 4.79 Å². The monoisotopic (exact) mass is 380 g/mol. The van der Waals surface area contributed by atoms with Crippen LogP contribution in [0, 0.1) is 0 Å². The second-order valence-electron chi connectivity index (χ2n) is 7.03. The molecule has 2 aromatic rings. The molecule has 2 bridgehead atoms. The van der Waals surface area contributed by atoms with Gasteiger partial charge in [-0.1, -0.05) is 18.2 Å². The van der Waals surface area contributed by atoms with Crippen molar-refractivity contribution in [2.45, 2.75) is 43.9 Å². The molecule has 1 aromatic carbocycles. The zero-order valence-corrected chi connectivity index (χ0v) is 15.7. The van der Waals surface area contributed by atoms with Crippen LogP contribution in [0.15, 0.2) is 30.5 Å². The molecule has 2 unspecified atom stereocenters. The van der Waals surface area contributed by atoms with Crippen molar-refractivity contribution >= 4 is 27.0 Å². The molecule has 2 N–H and O–H groups in total. The summed E-state index contributed by atoms with van der Waals surface area (Å²) in [6.45, 7) is 0. The molecule has 2 aliphatic rings. The highest BCUT2D eigenvalue weighted by atomic mass is 32.2. The number of carbonyl (C=O) groups excluding carboxylic acids is 1. The molecule has 2 saturated heterocycles. The van der Waals surface area contributed by atoms with Gasteiger partial charge in [-0.05, 0) is 26.0 Å². The van der Waals surface area contributed by atoms with Crippen LogP contribution in [0.25, 0.3) is 10.9 Å². The first kappa shape index (κ1) is 18.9. The second-order valence-corrected chi connectivity index (χ2v) is 8.50. The van der Waals surface area contributed by atoms with Gasteiger partial charge in [0.15, 0.2) is 0 Å². The third-order valence-corrected chi connectivity index (χ3v) is 5.14. The van der Waals surface area contributed by atoms with Gasteiger partial charge in [-0.15, -0.1) is 0 Å². The molecule has 3 heterocycles. The highest BCUT2D eigenvalue weighted by Gasteiger charge is 2.40. The summed E-state index contributed by atoms with van der Waals surface area (Å²) in [5.74, 6) is -0.193. The van der Waals surface area contributed by atoms with Crippen LogP contribution in [0.2, 0.25) is 0 Å². The summed E-state index contributed by atoms with van der Waals surface area (Å²) >= 11 is 0. The van der Waals surface area contributed by atoms with E-state index >= 15 is 0 Å². The summed E-state index contributed by atoms with van der Waals surface area (Å²) in [5.41, 5.74) is 1.63. The quantitative estimate of drug-likeness (QED) is 0.613. The Labute approximate surface area is 153 Å². The molecule has 4 rings (SSSR count). The Balaban J connectivity index is 0.000000349. The highest BCUT2D eigenvalue weighted by molar-refractivity contribution is 7.85. The van der Waals surface area contributed by atoms with Gasteiger partial charge in [0.25, 0.3) is 10.1 Å². The zero-order valence-electron chi connectivity index (χ0n) is 14.9. The van der Waals surface area contributed by atoms with E-state index in [1.54, 1.807) is 6.20 Å². The Morgan fingerprint density at radius 3 is 2.42 bits per heavy atom. The molecule has 0 spiro atoms. The standard InChI is InChI=1S/C17H20N2O2.CH4O3S/c1-19-11-6-7-12(19)9-13(8-11)21-17(20)15-10-18-16-5-3-2-4-14(15)16;1-5(2,3)4/h2-5,10-13,18H,6-9H2,1H3;1H3,(H,2,3,4). The number of H-pyrrole nitrogens is 1. The predicted molar refractivity (Wildman–Crippen MR) is 98.8 cm³/mol. The zero-order chi connectivity index (χ0) is 18.9. The average Bonchev–Trinajstić information content (AvgIpc) is 3.04. The molecule has 2 aliphatic heterocycles. The van der Waals surface area contributed by atoms with Gasteiger partial charge in [-0.2, -0.15) is 8.42 Å². The van der Waals surface area contributed by atoms with E-state index in [-0.39, 0.29) is 12.1 Å². The molecular formula is C18H24N2O5S. The van der Waals surface area contributed by atoms with E-state index in [1.807, 2.05) is 24.3 Å². The Hall–Kier alpha value is -1.90. The van der Waals surface area contributed by atoms with Crippen LogP contribution in [-0.2, 0) is 14.9 Å². The third kappa shape index (κ3) is 4.44. The maximum atomic E-state index is 12.4. The van der Waals surface area contributed by atoms with E-state index in [9.17, 15) is 13.2 Å². The Bertz CT molecular complexity index is 870. The number of nitrogens with zero attached hydrogens (tertiary/aromatic N) is 1. The number of hydrogen-bond donors (Lipinski definition) is 2. The minimum absolute atomic E-state index is 0.0693. The van der Waals surface area contributed by atoms with E-state index < -0.39 is 10.1 Å². The van der Waals surface area contributed by atoms with Gasteiger partial charge in [0.1, 0.15) is 6.10 Å². The lowest BCUT2D eigenvalue weighted by molar-refractivity contribution is -0.000263. The molecule has 2 atom stereocenters. The van der Waals surface area contributed by atoms with E-state index in [0.717, 1.165) is 23.7 Å². The van der Waals surface area contributed by atoms with Gasteiger partial charge in [-0.3, -0.25) is 4.55 Å². The van der Waals surface area contributed by atoms with Gasteiger partial charge in [0, 0.05) is 42.0 Å². The fraction of sp³-hybridized carbons (Fsp3) is 0.500. The van der Waals surface area contributed by atoms with Crippen molar-refractivity contribution in [3.63, 3.8) is 0 Å². The van der Waals surface area contributed by atoms with E-state index in [0.29, 0.717) is 23.9 Å². The van der Waals surface area contributed by atoms with Crippen molar-refractivity contribution in [1.82, 2.24) is 9.88 Å². The number of piperidine rings is 1. The molecular weight excluding hydrogens is 356 g/mol. The number of hydrogen-bond acceptors (Lipinski definition) is 5. The molecule has 0 aliphatic carbocycles. The topological polar surface area (TPSA) is 99.7 Å². The van der Waals surface area contributed by atoms with Crippen molar-refractivity contribution in [1.29, 1.82) is 0 Å². The van der Waals surface area contributed by atoms with Gasteiger partial charge in [0.2, 0.25) is 0 Å². The number of nitrogens with one attached hydrogen (secondary N) is 1. The number of ether oxygens (including phenoxy) is 1. The summed E-state index contributed by atoms with van der Waals surface area (Å²) in [7, 11) is -1.47. The van der Waals surface area contributed by atoms with E-state index in [4.69, 9.17) is 9.29 Å². The summed E-state index contributed by atoms with van der Waals surface area (Å²) < 4.78 is 31.7. The molecule has 1 aromatic heterocycles. The number of esters is 1. The van der Waals surface area contributed by atoms with Crippen molar-refractivity contribution in [3.05, 3.63) is 36.0 Å². The molecule has 7 nitrogen and oxygen atoms in total. The molecule has 0 amide bonds. The molecule has 0 radical (unpaired) electrons. The van der Waals surface area contributed by atoms with Crippen molar-refractivity contribution in [3.8, 4) is 0 Å². The summed E-state index contributed by atoms with van der Waals surface area (Å²) in [5, 5.41) is 0.943. The van der Waals surface area contributed by atoms with Gasteiger partial charge in [0.05, 0.1) is 11.8 Å². The van der Waals surface area contributed by atoms with Crippen LogP contribution < -0.4 is 0 Å². The van der Waals surface area contributed by atoms with E-state index in [1.165, 1.54) is 12.8 Å². The molecule has 142 valence electrons. The number of fused-ring (bicyclic) bond motifs is 3. The molecule has 8 heteroatoms. The lowest BCUT2D eigenvalue weighted by atomic mass is 10.0. The largest absolute Gasteiger partial charge is 0.459 e. The summed E-state index contributed by atoms with van der Waals surface area (Å²) in [6.07, 6.45) is 6.97. The minimum Gasteiger partial charge on any atom is -0.459 e. The number of rotatable bonds is 2. The average molecular weight is 380 g/mol. The third-order valence-electron chi connectivity index (χ3n) is 5.14. The van der Waals surface area contributed by atoms with Crippen LogP contribution in [0.5, 0.6) is 0 Å². The Morgan fingerprint density at radius 1 is 1.23 bits per heavy atom. The van der Waals surface area contributed by atoms with Crippen LogP contribution in [0.4, 0.5) is 0 Å². The van der Waals surface area contributed by atoms with Crippen molar-refractivity contribution in [2.24, 2.45) is 0 Å². The van der Waals surface area contributed by atoms with Gasteiger partial charge < -0.3 is 14.6 Å². The van der Waals surface area contributed by atoms with Crippen molar-refractivity contribution < 1.29 is 22.5 Å². The van der Waals surface area contributed by atoms with E-state index in [2.05, 4.69) is 16.9 Å². The summed E-state index contributed by atoms with van der Waals surface area (Å²) in [6, 6.07) is 9.02. The first-order valence-electron chi connectivity index (χ1n) is 8.64. The summed E-state index contributed by atoms with van der Waals surface area (Å²) in [4.78, 5) is 18.0. The number of aromatic amines is 1.